The summed E-state index contributed by atoms with van der Waals surface area (Å²) in [6.07, 6.45) is 4.17. The van der Waals surface area contributed by atoms with Gasteiger partial charge in [-0.1, -0.05) is 0 Å². The summed E-state index contributed by atoms with van der Waals surface area (Å²) in [6.45, 7) is 7.28. The van der Waals surface area contributed by atoms with Gasteiger partial charge in [0.2, 0.25) is 0 Å². The third-order valence-electron chi connectivity index (χ3n) is 3.11. The number of carbonyl (C=O) groups is 1. The maximum Gasteiger partial charge on any atom is 0.410 e. The fourth-order valence-corrected chi connectivity index (χ4v) is 2.18. The van der Waals surface area contributed by atoms with Crippen LogP contribution in [0, 0.1) is 0 Å². The molecule has 1 aliphatic heterocycles. The smallest absolute Gasteiger partial charge is 0.410 e. The SMILES string of the molecule is CC(C)(C)OC(=O)N1CCc2cncc(CN)c2C1. The lowest BCUT2D eigenvalue weighted by molar-refractivity contribution is 0.0223. The van der Waals surface area contributed by atoms with E-state index in [2.05, 4.69) is 4.98 Å². The Labute approximate surface area is 113 Å². The van der Waals surface area contributed by atoms with Crippen molar-refractivity contribution in [2.45, 2.75) is 45.9 Å². The van der Waals surface area contributed by atoms with Crippen LogP contribution in [-0.2, 0) is 24.2 Å². The summed E-state index contributed by atoms with van der Waals surface area (Å²) in [4.78, 5) is 18.0. The van der Waals surface area contributed by atoms with Crippen LogP contribution in [0.25, 0.3) is 0 Å². The Hall–Kier alpha value is -1.62. The largest absolute Gasteiger partial charge is 0.444 e. The molecule has 0 saturated heterocycles. The number of ether oxygens (including phenoxy) is 1. The summed E-state index contributed by atoms with van der Waals surface area (Å²) in [5.41, 5.74) is 8.56. The van der Waals surface area contributed by atoms with Crippen molar-refractivity contribution < 1.29 is 9.53 Å². The Balaban J connectivity index is 2.15. The summed E-state index contributed by atoms with van der Waals surface area (Å²) in [5, 5.41) is 0. The third-order valence-corrected chi connectivity index (χ3v) is 3.11. The molecule has 1 aliphatic rings. The zero-order valence-electron chi connectivity index (χ0n) is 11.8. The maximum atomic E-state index is 12.1. The molecule has 0 fully saturated rings. The molecule has 0 bridgehead atoms. The minimum Gasteiger partial charge on any atom is -0.444 e. The van der Waals surface area contributed by atoms with Gasteiger partial charge >= 0.3 is 6.09 Å². The highest BCUT2D eigenvalue weighted by Gasteiger charge is 2.26. The van der Waals surface area contributed by atoms with Crippen molar-refractivity contribution in [2.75, 3.05) is 6.54 Å². The number of carbonyl (C=O) groups excluding carboxylic acids is 1. The van der Waals surface area contributed by atoms with Crippen molar-refractivity contribution in [3.63, 3.8) is 0 Å². The van der Waals surface area contributed by atoms with Crippen molar-refractivity contribution in [2.24, 2.45) is 5.73 Å². The van der Waals surface area contributed by atoms with Crippen LogP contribution in [-0.4, -0.2) is 28.1 Å². The van der Waals surface area contributed by atoms with Gasteiger partial charge in [-0.3, -0.25) is 4.98 Å². The van der Waals surface area contributed by atoms with E-state index in [1.54, 1.807) is 11.1 Å². The Morgan fingerprint density at radius 2 is 2.21 bits per heavy atom. The highest BCUT2D eigenvalue weighted by atomic mass is 16.6. The summed E-state index contributed by atoms with van der Waals surface area (Å²) in [6, 6.07) is 0. The second-order valence-electron chi connectivity index (χ2n) is 5.79. The van der Waals surface area contributed by atoms with Crippen LogP contribution in [0.15, 0.2) is 12.4 Å². The predicted octanol–water partition coefficient (Wildman–Crippen LogP) is 1.83. The van der Waals surface area contributed by atoms with Gasteiger partial charge in [0.05, 0.1) is 0 Å². The maximum absolute atomic E-state index is 12.1. The molecule has 0 aromatic carbocycles. The first kappa shape index (κ1) is 13.8. The van der Waals surface area contributed by atoms with Gasteiger partial charge in [-0.25, -0.2) is 4.79 Å². The monoisotopic (exact) mass is 263 g/mol. The van der Waals surface area contributed by atoms with Crippen LogP contribution in [0.2, 0.25) is 0 Å². The van der Waals surface area contributed by atoms with Gasteiger partial charge in [0.15, 0.2) is 0 Å². The number of hydrogen-bond donors (Lipinski definition) is 1. The number of fused-ring (bicyclic) bond motifs is 1. The van der Waals surface area contributed by atoms with Gasteiger partial charge in [-0.2, -0.15) is 0 Å². The first-order valence-corrected chi connectivity index (χ1v) is 6.53. The molecule has 0 aliphatic carbocycles. The molecule has 2 heterocycles. The van der Waals surface area contributed by atoms with Crippen molar-refractivity contribution in [3.8, 4) is 0 Å². The lowest BCUT2D eigenvalue weighted by Crippen LogP contribution is -2.40. The summed E-state index contributed by atoms with van der Waals surface area (Å²) < 4.78 is 5.41. The number of aromatic nitrogens is 1. The van der Waals surface area contributed by atoms with E-state index in [-0.39, 0.29) is 6.09 Å². The van der Waals surface area contributed by atoms with Crippen molar-refractivity contribution in [1.82, 2.24) is 9.88 Å². The number of nitrogens with two attached hydrogens (primary N) is 1. The molecule has 2 rings (SSSR count). The van der Waals surface area contributed by atoms with Gasteiger partial charge in [-0.05, 0) is 43.9 Å². The standard InChI is InChI=1S/C14H21N3O2/c1-14(2,3)19-13(18)17-5-4-10-7-16-8-11(6-15)12(10)9-17/h7-8H,4-6,9,15H2,1-3H3. The van der Waals surface area contributed by atoms with Gasteiger partial charge in [0, 0.05) is 32.0 Å². The topological polar surface area (TPSA) is 68.5 Å². The van der Waals surface area contributed by atoms with Crippen LogP contribution < -0.4 is 5.73 Å². The first-order chi connectivity index (χ1) is 8.90. The molecule has 0 unspecified atom stereocenters. The second-order valence-corrected chi connectivity index (χ2v) is 5.79. The minimum absolute atomic E-state index is 0.266. The normalized spacial score (nSPS) is 15.1. The Bertz CT molecular complexity index is 466. The van der Waals surface area contributed by atoms with E-state index >= 15 is 0 Å². The van der Waals surface area contributed by atoms with Gasteiger partial charge < -0.3 is 15.4 Å². The van der Waals surface area contributed by atoms with E-state index in [9.17, 15) is 4.79 Å². The van der Waals surface area contributed by atoms with Crippen LogP contribution in [0.5, 0.6) is 0 Å². The molecular weight excluding hydrogens is 242 g/mol. The fourth-order valence-electron chi connectivity index (χ4n) is 2.18. The molecule has 2 N–H and O–H groups in total. The number of hydrogen-bond acceptors (Lipinski definition) is 4. The van der Waals surface area contributed by atoms with Crippen LogP contribution in [0.4, 0.5) is 4.79 Å². The zero-order valence-corrected chi connectivity index (χ0v) is 11.8. The van der Waals surface area contributed by atoms with E-state index < -0.39 is 5.60 Å². The van der Waals surface area contributed by atoms with E-state index in [1.807, 2.05) is 27.0 Å². The number of nitrogens with zero attached hydrogens (tertiary/aromatic N) is 2. The van der Waals surface area contributed by atoms with Crippen molar-refractivity contribution in [3.05, 3.63) is 29.1 Å². The van der Waals surface area contributed by atoms with E-state index in [0.29, 0.717) is 19.6 Å². The second kappa shape index (κ2) is 5.17. The summed E-state index contributed by atoms with van der Waals surface area (Å²) in [7, 11) is 0. The molecule has 1 aromatic heterocycles. The summed E-state index contributed by atoms with van der Waals surface area (Å²) in [5.74, 6) is 0. The average molecular weight is 263 g/mol. The van der Waals surface area contributed by atoms with Crippen LogP contribution >= 0.6 is 0 Å². The van der Waals surface area contributed by atoms with Crippen molar-refractivity contribution >= 4 is 6.09 Å². The highest BCUT2D eigenvalue weighted by molar-refractivity contribution is 5.68. The van der Waals surface area contributed by atoms with E-state index in [1.165, 1.54) is 5.56 Å². The molecule has 1 aromatic rings. The van der Waals surface area contributed by atoms with E-state index in [4.69, 9.17) is 10.5 Å². The molecule has 104 valence electrons. The predicted molar refractivity (Wildman–Crippen MR) is 72.5 cm³/mol. The molecule has 0 spiro atoms. The van der Waals surface area contributed by atoms with Gasteiger partial charge in [-0.15, -0.1) is 0 Å². The van der Waals surface area contributed by atoms with Crippen LogP contribution in [0.1, 0.15) is 37.5 Å². The Morgan fingerprint density at radius 3 is 2.84 bits per heavy atom. The van der Waals surface area contributed by atoms with E-state index in [0.717, 1.165) is 17.5 Å². The highest BCUT2D eigenvalue weighted by Crippen LogP contribution is 2.23. The fraction of sp³-hybridized carbons (Fsp3) is 0.571. The average Bonchev–Trinajstić information content (AvgIpc) is 2.35. The molecule has 19 heavy (non-hydrogen) atoms. The summed E-state index contributed by atoms with van der Waals surface area (Å²) >= 11 is 0. The number of rotatable bonds is 1. The Morgan fingerprint density at radius 1 is 1.47 bits per heavy atom. The first-order valence-electron chi connectivity index (χ1n) is 6.53. The molecule has 0 radical (unpaired) electrons. The van der Waals surface area contributed by atoms with Crippen LogP contribution in [0.3, 0.4) is 0 Å². The lowest BCUT2D eigenvalue weighted by Gasteiger charge is -2.31. The molecular formula is C14H21N3O2. The molecule has 5 nitrogen and oxygen atoms in total. The molecule has 1 amide bonds. The minimum atomic E-state index is -0.466. The Kier molecular flexibility index (Phi) is 3.75. The third kappa shape index (κ3) is 3.23. The number of amides is 1. The molecule has 5 heteroatoms. The van der Waals surface area contributed by atoms with Gasteiger partial charge in [0.1, 0.15) is 5.60 Å². The molecule has 0 saturated carbocycles. The van der Waals surface area contributed by atoms with Crippen molar-refractivity contribution in [1.29, 1.82) is 0 Å². The number of pyridine rings is 1. The van der Waals surface area contributed by atoms with Gasteiger partial charge in [0.25, 0.3) is 0 Å². The molecule has 0 atom stereocenters. The lowest BCUT2D eigenvalue weighted by atomic mass is 9.98. The quantitative estimate of drug-likeness (QED) is 0.839. The zero-order chi connectivity index (χ0) is 14.0.